The highest BCUT2D eigenvalue weighted by molar-refractivity contribution is 9.11. The van der Waals surface area contributed by atoms with Gasteiger partial charge in [0, 0.05) is 11.4 Å². The molecule has 0 aliphatic rings. The van der Waals surface area contributed by atoms with Crippen LogP contribution in [0.2, 0.25) is 0 Å². The van der Waals surface area contributed by atoms with E-state index in [4.69, 9.17) is 0 Å². The van der Waals surface area contributed by atoms with Crippen molar-refractivity contribution in [2.45, 2.75) is 37.7 Å². The molecule has 1 heterocycles. The second kappa shape index (κ2) is 5.36. The molecule has 17 heavy (non-hydrogen) atoms. The summed E-state index contributed by atoms with van der Waals surface area (Å²) in [5, 5.41) is 9.77. The Kier molecular flexibility index (Phi) is 4.76. The summed E-state index contributed by atoms with van der Waals surface area (Å²) in [5.74, 6) is 0. The largest absolute Gasteiger partial charge is 0.389 e. The Labute approximate surface area is 114 Å². The Morgan fingerprint density at radius 2 is 2.18 bits per heavy atom. The molecule has 0 fully saturated rings. The number of rotatable bonds is 5. The molecule has 0 aromatic carbocycles. The zero-order valence-electron chi connectivity index (χ0n) is 9.95. The molecule has 0 aliphatic carbocycles. The Morgan fingerprint density at radius 1 is 1.59 bits per heavy atom. The number of sulfonamides is 1. The summed E-state index contributed by atoms with van der Waals surface area (Å²) in [5.41, 5.74) is -1.02. The van der Waals surface area contributed by atoms with Gasteiger partial charge >= 0.3 is 0 Å². The molecule has 98 valence electrons. The molecule has 0 saturated heterocycles. The first-order valence-electron chi connectivity index (χ1n) is 5.16. The topological polar surface area (TPSA) is 66.4 Å². The maximum absolute atomic E-state index is 12.0. The van der Waals surface area contributed by atoms with Crippen molar-refractivity contribution in [1.82, 2.24) is 4.72 Å². The molecule has 1 aromatic rings. The maximum atomic E-state index is 12.0. The SMILES string of the molecule is CCC(C)(O)CNS(=O)(=O)c1cc(Br)sc1C. The molecule has 0 saturated carbocycles. The van der Waals surface area contributed by atoms with E-state index in [9.17, 15) is 13.5 Å². The number of aliphatic hydroxyl groups is 1. The first kappa shape index (κ1) is 15.1. The van der Waals surface area contributed by atoms with Gasteiger partial charge in [0.2, 0.25) is 10.0 Å². The van der Waals surface area contributed by atoms with Crippen molar-refractivity contribution in [3.63, 3.8) is 0 Å². The third-order valence-electron chi connectivity index (χ3n) is 2.54. The van der Waals surface area contributed by atoms with Crippen LogP contribution in [-0.4, -0.2) is 25.7 Å². The van der Waals surface area contributed by atoms with Gasteiger partial charge in [0.15, 0.2) is 0 Å². The number of halogens is 1. The summed E-state index contributed by atoms with van der Waals surface area (Å²) in [6, 6.07) is 1.57. The van der Waals surface area contributed by atoms with E-state index in [-0.39, 0.29) is 11.4 Å². The normalized spacial score (nSPS) is 15.8. The molecule has 7 heteroatoms. The van der Waals surface area contributed by atoms with E-state index in [1.807, 2.05) is 0 Å². The van der Waals surface area contributed by atoms with Crippen LogP contribution in [-0.2, 0) is 10.0 Å². The zero-order valence-corrected chi connectivity index (χ0v) is 13.2. The summed E-state index contributed by atoms with van der Waals surface area (Å²) < 4.78 is 27.2. The predicted octanol–water partition coefficient (Wildman–Crippen LogP) is 2.26. The lowest BCUT2D eigenvalue weighted by Gasteiger charge is -2.21. The average Bonchev–Trinajstić information content (AvgIpc) is 2.56. The molecular weight excluding hydrogens is 326 g/mol. The van der Waals surface area contributed by atoms with E-state index in [1.165, 1.54) is 11.3 Å². The number of aryl methyl sites for hydroxylation is 1. The minimum Gasteiger partial charge on any atom is -0.389 e. The molecule has 1 atom stereocenters. The zero-order chi connectivity index (χ0) is 13.3. The van der Waals surface area contributed by atoms with Crippen molar-refractivity contribution in [2.75, 3.05) is 6.54 Å². The summed E-state index contributed by atoms with van der Waals surface area (Å²) in [4.78, 5) is 0.988. The summed E-state index contributed by atoms with van der Waals surface area (Å²) >= 11 is 4.63. The van der Waals surface area contributed by atoms with Gasteiger partial charge in [-0.25, -0.2) is 13.1 Å². The minimum absolute atomic E-state index is 0.0126. The Morgan fingerprint density at radius 3 is 2.59 bits per heavy atom. The van der Waals surface area contributed by atoms with Crippen molar-refractivity contribution in [3.05, 3.63) is 14.7 Å². The van der Waals surface area contributed by atoms with Gasteiger partial charge in [-0.2, -0.15) is 0 Å². The lowest BCUT2D eigenvalue weighted by Crippen LogP contribution is -2.40. The van der Waals surface area contributed by atoms with Gasteiger partial charge in [0.05, 0.1) is 14.3 Å². The fourth-order valence-corrected chi connectivity index (χ4v) is 4.73. The predicted molar refractivity (Wildman–Crippen MR) is 72.9 cm³/mol. The molecule has 0 spiro atoms. The van der Waals surface area contributed by atoms with Crippen LogP contribution in [0.4, 0.5) is 0 Å². The smallest absolute Gasteiger partial charge is 0.241 e. The summed E-state index contributed by atoms with van der Waals surface area (Å²) in [6.07, 6.45) is 0.488. The lowest BCUT2D eigenvalue weighted by molar-refractivity contribution is 0.0613. The molecular formula is C10H16BrNO3S2. The van der Waals surface area contributed by atoms with Crippen LogP contribution in [0, 0.1) is 6.92 Å². The number of thiophene rings is 1. The van der Waals surface area contributed by atoms with Crippen LogP contribution >= 0.6 is 27.3 Å². The number of hydrogen-bond donors (Lipinski definition) is 2. The Hall–Kier alpha value is 0.0500. The quantitative estimate of drug-likeness (QED) is 0.863. The molecule has 2 N–H and O–H groups in total. The van der Waals surface area contributed by atoms with Gasteiger partial charge < -0.3 is 5.11 Å². The first-order chi connectivity index (χ1) is 7.68. The standard InChI is InChI=1S/C10H16BrNO3S2/c1-4-10(3,13)6-12-17(14,15)8-5-9(11)16-7(8)2/h5,12-13H,4,6H2,1-3H3. The van der Waals surface area contributed by atoms with E-state index in [2.05, 4.69) is 20.7 Å². The van der Waals surface area contributed by atoms with Crippen LogP contribution in [0.5, 0.6) is 0 Å². The third kappa shape index (κ3) is 4.03. The second-order valence-corrected chi connectivity index (χ2v) is 8.52. The highest BCUT2D eigenvalue weighted by atomic mass is 79.9. The monoisotopic (exact) mass is 341 g/mol. The fraction of sp³-hybridized carbons (Fsp3) is 0.600. The molecule has 1 aromatic heterocycles. The molecule has 0 amide bonds. The molecule has 4 nitrogen and oxygen atoms in total. The van der Waals surface area contributed by atoms with Crippen LogP contribution in [0.15, 0.2) is 14.7 Å². The van der Waals surface area contributed by atoms with Crippen molar-refractivity contribution in [3.8, 4) is 0 Å². The van der Waals surface area contributed by atoms with Gasteiger partial charge in [-0.1, -0.05) is 6.92 Å². The van der Waals surface area contributed by atoms with Crippen LogP contribution in [0.25, 0.3) is 0 Å². The summed E-state index contributed by atoms with van der Waals surface area (Å²) in [6.45, 7) is 5.17. The van der Waals surface area contributed by atoms with Gasteiger partial charge in [-0.05, 0) is 42.3 Å². The van der Waals surface area contributed by atoms with Gasteiger partial charge in [-0.15, -0.1) is 11.3 Å². The molecule has 0 aliphatic heterocycles. The van der Waals surface area contributed by atoms with Gasteiger partial charge in [0.25, 0.3) is 0 Å². The van der Waals surface area contributed by atoms with Crippen molar-refractivity contribution < 1.29 is 13.5 Å². The third-order valence-corrected chi connectivity index (χ3v) is 5.75. The first-order valence-corrected chi connectivity index (χ1v) is 8.25. The molecule has 0 bridgehead atoms. The van der Waals surface area contributed by atoms with E-state index >= 15 is 0 Å². The molecule has 1 unspecified atom stereocenters. The van der Waals surface area contributed by atoms with E-state index < -0.39 is 15.6 Å². The average molecular weight is 342 g/mol. The van der Waals surface area contributed by atoms with Gasteiger partial charge in [0.1, 0.15) is 0 Å². The molecule has 1 rings (SSSR count). The Balaban J connectivity index is 2.87. The van der Waals surface area contributed by atoms with Crippen molar-refractivity contribution in [2.24, 2.45) is 0 Å². The van der Waals surface area contributed by atoms with E-state index in [0.29, 0.717) is 6.42 Å². The maximum Gasteiger partial charge on any atom is 0.241 e. The van der Waals surface area contributed by atoms with E-state index in [1.54, 1.807) is 26.8 Å². The summed E-state index contributed by atoms with van der Waals surface area (Å²) in [7, 11) is -3.54. The highest BCUT2D eigenvalue weighted by Crippen LogP contribution is 2.29. The van der Waals surface area contributed by atoms with Crippen molar-refractivity contribution in [1.29, 1.82) is 0 Å². The lowest BCUT2D eigenvalue weighted by atomic mass is 10.1. The fourth-order valence-electron chi connectivity index (χ4n) is 1.15. The Bertz CT molecular complexity index is 494. The van der Waals surface area contributed by atoms with Gasteiger partial charge in [-0.3, -0.25) is 0 Å². The van der Waals surface area contributed by atoms with Crippen LogP contribution in [0.1, 0.15) is 25.1 Å². The number of hydrogen-bond acceptors (Lipinski definition) is 4. The minimum atomic E-state index is -3.54. The molecule has 0 radical (unpaired) electrons. The second-order valence-electron chi connectivity index (χ2n) is 4.15. The van der Waals surface area contributed by atoms with Crippen LogP contribution in [0.3, 0.4) is 0 Å². The van der Waals surface area contributed by atoms with Crippen LogP contribution < -0.4 is 4.72 Å². The highest BCUT2D eigenvalue weighted by Gasteiger charge is 2.24. The van der Waals surface area contributed by atoms with Crippen molar-refractivity contribution >= 4 is 37.3 Å². The number of nitrogens with one attached hydrogen (secondary N) is 1. The van der Waals surface area contributed by atoms with E-state index in [0.717, 1.165) is 8.66 Å².